The second kappa shape index (κ2) is 6.22. The summed E-state index contributed by atoms with van der Waals surface area (Å²) in [5.41, 5.74) is 1.54. The van der Waals surface area contributed by atoms with Crippen LogP contribution in [-0.4, -0.2) is 52.1 Å². The van der Waals surface area contributed by atoms with Crippen molar-refractivity contribution in [1.82, 2.24) is 20.0 Å². The molecule has 7 nitrogen and oxygen atoms in total. The molecule has 0 unspecified atom stereocenters. The van der Waals surface area contributed by atoms with Gasteiger partial charge in [-0.15, -0.1) is 0 Å². The molecule has 2 aromatic rings. The molecule has 0 spiro atoms. The molecule has 4 rings (SSSR count). The Hall–Kier alpha value is -2.44. The summed E-state index contributed by atoms with van der Waals surface area (Å²) >= 11 is 0. The zero-order valence-corrected chi connectivity index (χ0v) is 13.8. The summed E-state index contributed by atoms with van der Waals surface area (Å²) in [6.45, 7) is 4.96. The lowest BCUT2D eigenvalue weighted by molar-refractivity contribution is 0.0734. The van der Waals surface area contributed by atoms with Crippen molar-refractivity contribution in [3.8, 4) is 0 Å². The van der Waals surface area contributed by atoms with Crippen LogP contribution in [0, 0.1) is 5.92 Å². The van der Waals surface area contributed by atoms with Gasteiger partial charge in [-0.2, -0.15) is 0 Å². The van der Waals surface area contributed by atoms with Crippen LogP contribution in [0.4, 0.5) is 5.95 Å². The number of anilines is 1. The number of amides is 1. The van der Waals surface area contributed by atoms with Crippen LogP contribution in [0.25, 0.3) is 0 Å². The van der Waals surface area contributed by atoms with Crippen molar-refractivity contribution in [1.29, 1.82) is 0 Å². The van der Waals surface area contributed by atoms with Gasteiger partial charge in [-0.1, -0.05) is 12.1 Å². The van der Waals surface area contributed by atoms with Crippen LogP contribution in [0.2, 0.25) is 0 Å². The summed E-state index contributed by atoms with van der Waals surface area (Å²) in [5, 5.41) is 4.08. The molecule has 1 aliphatic carbocycles. The number of nitrogens with zero attached hydrogens (tertiary/aromatic N) is 5. The van der Waals surface area contributed by atoms with Crippen LogP contribution >= 0.6 is 0 Å². The van der Waals surface area contributed by atoms with Crippen molar-refractivity contribution in [2.45, 2.75) is 26.2 Å². The second-order valence-electron chi connectivity index (χ2n) is 6.61. The topological polar surface area (TPSA) is 75.4 Å². The lowest BCUT2D eigenvalue weighted by Crippen LogP contribution is -2.49. The number of carbonyl (C=O) groups excluding carboxylic acids is 1. The molecule has 3 heterocycles. The summed E-state index contributed by atoms with van der Waals surface area (Å²) in [6.07, 6.45) is 6.35. The van der Waals surface area contributed by atoms with E-state index in [0.29, 0.717) is 24.7 Å². The maximum atomic E-state index is 12.8. The number of carbonyl (C=O) groups is 1. The first-order chi connectivity index (χ1) is 11.7. The van der Waals surface area contributed by atoms with Crippen molar-refractivity contribution in [2.24, 2.45) is 5.92 Å². The molecule has 1 aliphatic heterocycles. The minimum absolute atomic E-state index is 0.0114. The van der Waals surface area contributed by atoms with E-state index in [2.05, 4.69) is 26.9 Å². The maximum Gasteiger partial charge on any atom is 0.276 e. The Morgan fingerprint density at radius 2 is 1.96 bits per heavy atom. The molecule has 7 heteroatoms. The normalized spacial score (nSPS) is 20.8. The van der Waals surface area contributed by atoms with Crippen LogP contribution < -0.4 is 4.90 Å². The van der Waals surface area contributed by atoms with Gasteiger partial charge >= 0.3 is 0 Å². The van der Waals surface area contributed by atoms with E-state index < -0.39 is 0 Å². The van der Waals surface area contributed by atoms with E-state index in [9.17, 15) is 4.79 Å². The molecule has 0 aromatic carbocycles. The fraction of sp³-hybridized carbons (Fsp3) is 0.529. The fourth-order valence-corrected chi connectivity index (χ4v) is 3.46. The molecule has 0 N–H and O–H groups in total. The Balaban J connectivity index is 1.45. The predicted octanol–water partition coefficient (Wildman–Crippen LogP) is 1.55. The van der Waals surface area contributed by atoms with Crippen LogP contribution in [0.5, 0.6) is 0 Å². The Morgan fingerprint density at radius 1 is 1.21 bits per heavy atom. The van der Waals surface area contributed by atoms with E-state index in [1.807, 2.05) is 4.90 Å². The molecular formula is C17H21N5O2. The van der Waals surface area contributed by atoms with Crippen LogP contribution in [-0.2, 0) is 12.8 Å². The van der Waals surface area contributed by atoms with Gasteiger partial charge in [0.05, 0.1) is 0 Å². The molecule has 1 fully saturated rings. The number of rotatable bonds is 2. The molecule has 1 atom stereocenters. The van der Waals surface area contributed by atoms with Crippen LogP contribution in [0.1, 0.15) is 35.2 Å². The first-order valence-corrected chi connectivity index (χ1v) is 8.51. The molecule has 0 radical (unpaired) electrons. The Kier molecular flexibility index (Phi) is 3.92. The summed E-state index contributed by atoms with van der Waals surface area (Å²) in [5.74, 6) is 2.18. The summed E-state index contributed by atoms with van der Waals surface area (Å²) in [4.78, 5) is 25.3. The van der Waals surface area contributed by atoms with Gasteiger partial charge < -0.3 is 14.3 Å². The van der Waals surface area contributed by atoms with E-state index in [0.717, 1.165) is 49.6 Å². The fourth-order valence-electron chi connectivity index (χ4n) is 3.46. The molecular weight excluding hydrogens is 306 g/mol. The summed E-state index contributed by atoms with van der Waals surface area (Å²) in [7, 11) is 0. The zero-order chi connectivity index (χ0) is 16.5. The number of hydrogen-bond acceptors (Lipinski definition) is 6. The average Bonchev–Trinajstić information content (AvgIpc) is 3.05. The first-order valence-electron chi connectivity index (χ1n) is 8.51. The van der Waals surface area contributed by atoms with Crippen molar-refractivity contribution in [3.63, 3.8) is 0 Å². The largest absolute Gasteiger partial charge is 0.360 e. The highest BCUT2D eigenvalue weighted by Crippen LogP contribution is 2.28. The Bertz CT molecular complexity index is 722. The van der Waals surface area contributed by atoms with Crippen molar-refractivity contribution in [3.05, 3.63) is 35.5 Å². The monoisotopic (exact) mass is 327 g/mol. The Morgan fingerprint density at radius 3 is 2.71 bits per heavy atom. The molecule has 0 bridgehead atoms. The van der Waals surface area contributed by atoms with Gasteiger partial charge in [0.15, 0.2) is 5.69 Å². The minimum atomic E-state index is -0.0114. The highest BCUT2D eigenvalue weighted by Gasteiger charge is 2.31. The molecule has 24 heavy (non-hydrogen) atoms. The zero-order valence-electron chi connectivity index (χ0n) is 13.8. The van der Waals surface area contributed by atoms with E-state index in [1.165, 1.54) is 0 Å². The van der Waals surface area contributed by atoms with E-state index in [-0.39, 0.29) is 5.91 Å². The highest BCUT2D eigenvalue weighted by atomic mass is 16.5. The third kappa shape index (κ3) is 2.74. The number of fused-ring (bicyclic) bond motifs is 1. The smallest absolute Gasteiger partial charge is 0.276 e. The highest BCUT2D eigenvalue weighted by molar-refractivity contribution is 5.94. The lowest BCUT2D eigenvalue weighted by atomic mass is 9.88. The molecule has 0 saturated carbocycles. The first kappa shape index (κ1) is 15.1. The van der Waals surface area contributed by atoms with Gasteiger partial charge in [0.1, 0.15) is 5.76 Å². The van der Waals surface area contributed by atoms with Crippen molar-refractivity contribution in [2.75, 3.05) is 31.1 Å². The standard InChI is InChI=1S/C17H21N5O2/c1-12-3-4-14-13(11-12)15(20-24-14)16(23)21-7-9-22(10-8-21)17-18-5-2-6-19-17/h2,5-6,12H,3-4,7-11H2,1H3/t12-/m0/s1. The average molecular weight is 327 g/mol. The van der Waals surface area contributed by atoms with Gasteiger partial charge in [-0.05, 0) is 24.8 Å². The van der Waals surface area contributed by atoms with Gasteiger partial charge in [-0.25, -0.2) is 9.97 Å². The van der Waals surface area contributed by atoms with Crippen LogP contribution in [0.15, 0.2) is 23.0 Å². The number of hydrogen-bond donors (Lipinski definition) is 0. The minimum Gasteiger partial charge on any atom is -0.360 e. The van der Waals surface area contributed by atoms with Crippen molar-refractivity contribution >= 4 is 11.9 Å². The second-order valence-corrected chi connectivity index (χ2v) is 6.61. The number of aromatic nitrogens is 3. The van der Waals surface area contributed by atoms with Gasteiger partial charge in [0.25, 0.3) is 5.91 Å². The van der Waals surface area contributed by atoms with Gasteiger partial charge in [-0.3, -0.25) is 4.79 Å². The van der Waals surface area contributed by atoms with Gasteiger partial charge in [0.2, 0.25) is 5.95 Å². The molecule has 126 valence electrons. The third-order valence-electron chi connectivity index (χ3n) is 4.89. The van der Waals surface area contributed by atoms with Crippen LogP contribution in [0.3, 0.4) is 0 Å². The third-order valence-corrected chi connectivity index (χ3v) is 4.89. The lowest BCUT2D eigenvalue weighted by Gasteiger charge is -2.34. The Labute approximate surface area is 140 Å². The summed E-state index contributed by atoms with van der Waals surface area (Å²) in [6, 6.07) is 1.80. The predicted molar refractivity (Wildman–Crippen MR) is 87.8 cm³/mol. The molecule has 1 saturated heterocycles. The van der Waals surface area contributed by atoms with E-state index in [4.69, 9.17) is 4.52 Å². The van der Waals surface area contributed by atoms with E-state index >= 15 is 0 Å². The molecule has 2 aromatic heterocycles. The molecule has 1 amide bonds. The van der Waals surface area contributed by atoms with Gasteiger partial charge in [0, 0.05) is 50.6 Å². The van der Waals surface area contributed by atoms with Crippen molar-refractivity contribution < 1.29 is 9.32 Å². The molecule has 2 aliphatic rings. The quantitative estimate of drug-likeness (QED) is 0.833. The maximum absolute atomic E-state index is 12.8. The summed E-state index contributed by atoms with van der Waals surface area (Å²) < 4.78 is 5.41. The number of aryl methyl sites for hydroxylation is 1. The number of piperazine rings is 1. The van der Waals surface area contributed by atoms with E-state index in [1.54, 1.807) is 18.5 Å². The SMILES string of the molecule is C[C@H]1CCc2onc(C(=O)N3CCN(c4ncccn4)CC3)c2C1.